The Balaban J connectivity index is 1.87. The first-order valence-electron chi connectivity index (χ1n) is 6.52. The summed E-state index contributed by atoms with van der Waals surface area (Å²) in [5.74, 6) is -0.643. The monoisotopic (exact) mass is 279 g/mol. The van der Waals surface area contributed by atoms with Gasteiger partial charge in [0.25, 0.3) is 0 Å². The van der Waals surface area contributed by atoms with Crippen LogP contribution in [0.1, 0.15) is 21.5 Å². The van der Waals surface area contributed by atoms with Crippen molar-refractivity contribution in [2.24, 2.45) is 0 Å². The summed E-state index contributed by atoms with van der Waals surface area (Å²) in [7, 11) is 0. The van der Waals surface area contributed by atoms with E-state index in [1.807, 2.05) is 18.2 Å². The normalized spacial score (nSPS) is 13.6. The molecule has 0 saturated carbocycles. The number of anilines is 1. The van der Waals surface area contributed by atoms with Gasteiger partial charge in [-0.25, -0.2) is 0 Å². The maximum atomic E-state index is 11.8. The fourth-order valence-electron chi connectivity index (χ4n) is 2.25. The second kappa shape index (κ2) is 5.25. The highest BCUT2D eigenvalue weighted by atomic mass is 16.5. The summed E-state index contributed by atoms with van der Waals surface area (Å²) in [5.41, 5.74) is 8.30. The molecule has 0 radical (unpaired) electrons. The van der Waals surface area contributed by atoms with Crippen LogP contribution < -0.4 is 5.73 Å². The van der Waals surface area contributed by atoms with Crippen molar-refractivity contribution in [3.8, 4) is 0 Å². The summed E-state index contributed by atoms with van der Waals surface area (Å²) in [6, 6.07) is 14.3. The van der Waals surface area contributed by atoms with Crippen LogP contribution in [0, 0.1) is 0 Å². The predicted molar refractivity (Wildman–Crippen MR) is 79.4 cm³/mol. The minimum absolute atomic E-state index is 0.284. The molecule has 2 aromatic carbocycles. The lowest BCUT2D eigenvalue weighted by atomic mass is 9.94. The molecule has 0 atom stereocenters. The van der Waals surface area contributed by atoms with Gasteiger partial charge in [-0.05, 0) is 17.7 Å². The van der Waals surface area contributed by atoms with E-state index in [0.29, 0.717) is 22.6 Å². The molecule has 1 aliphatic carbocycles. The summed E-state index contributed by atoms with van der Waals surface area (Å²) in [5, 5.41) is 0. The topological polar surface area (TPSA) is 69.4 Å². The second-order valence-corrected chi connectivity index (χ2v) is 4.78. The van der Waals surface area contributed by atoms with Gasteiger partial charge in [-0.3, -0.25) is 9.59 Å². The maximum Gasteiger partial charge on any atom is 0.233 e. The molecule has 1 aliphatic rings. The second-order valence-electron chi connectivity index (χ2n) is 4.78. The molecular formula is C17H13NO3. The third kappa shape index (κ3) is 2.56. The van der Waals surface area contributed by atoms with Crippen LogP contribution in [0.3, 0.4) is 0 Å². The van der Waals surface area contributed by atoms with Crippen molar-refractivity contribution < 1.29 is 14.3 Å². The molecule has 0 fully saturated rings. The zero-order valence-electron chi connectivity index (χ0n) is 11.2. The zero-order valence-corrected chi connectivity index (χ0v) is 11.2. The van der Waals surface area contributed by atoms with Crippen LogP contribution in [0.25, 0.3) is 5.76 Å². The van der Waals surface area contributed by atoms with Crippen molar-refractivity contribution in [3.05, 3.63) is 71.3 Å². The Morgan fingerprint density at radius 2 is 1.71 bits per heavy atom. The summed E-state index contributed by atoms with van der Waals surface area (Å²) in [6.45, 7) is 0.284. The van der Waals surface area contributed by atoms with E-state index < -0.39 is 11.6 Å². The van der Waals surface area contributed by atoms with Gasteiger partial charge in [-0.15, -0.1) is 0 Å². The van der Waals surface area contributed by atoms with Crippen LogP contribution in [0.15, 0.2) is 54.6 Å². The number of carbonyl (C=O) groups excluding carboxylic acids is 2. The van der Waals surface area contributed by atoms with Gasteiger partial charge in [0.15, 0.2) is 0 Å². The third-order valence-corrected chi connectivity index (χ3v) is 3.27. The number of allylic oxidation sites excluding steroid dienone is 1. The fraction of sp³-hybridized carbons (Fsp3) is 0.0588. The van der Waals surface area contributed by atoms with Crippen LogP contribution in [-0.4, -0.2) is 11.6 Å². The van der Waals surface area contributed by atoms with Gasteiger partial charge in [0, 0.05) is 22.9 Å². The first kappa shape index (κ1) is 13.1. The van der Waals surface area contributed by atoms with Crippen LogP contribution in [0.2, 0.25) is 0 Å². The number of benzene rings is 2. The molecule has 0 bridgehead atoms. The van der Waals surface area contributed by atoms with Crippen molar-refractivity contribution in [2.45, 2.75) is 6.61 Å². The van der Waals surface area contributed by atoms with Gasteiger partial charge in [0.1, 0.15) is 12.4 Å². The lowest BCUT2D eigenvalue weighted by Crippen LogP contribution is -2.19. The molecule has 2 aromatic rings. The number of hydrogen-bond donors (Lipinski definition) is 1. The molecule has 4 heteroatoms. The number of nitrogen functional groups attached to an aromatic ring is 1. The molecule has 104 valence electrons. The number of Topliss-reactive ketones (excluding diaryl/α,β-unsaturated/α-hetero) is 1. The lowest BCUT2D eigenvalue weighted by molar-refractivity contribution is -0.111. The smallest absolute Gasteiger partial charge is 0.233 e. The molecule has 0 aromatic heterocycles. The molecule has 0 unspecified atom stereocenters. The highest BCUT2D eigenvalue weighted by Crippen LogP contribution is 2.26. The number of nitrogens with two attached hydrogens (primary N) is 1. The Morgan fingerprint density at radius 1 is 0.952 bits per heavy atom. The Morgan fingerprint density at radius 3 is 2.48 bits per heavy atom. The van der Waals surface area contributed by atoms with Gasteiger partial charge >= 0.3 is 0 Å². The Bertz CT molecular complexity index is 762. The van der Waals surface area contributed by atoms with E-state index in [1.165, 1.54) is 6.08 Å². The van der Waals surface area contributed by atoms with Crippen molar-refractivity contribution in [2.75, 3.05) is 5.73 Å². The molecule has 0 heterocycles. The summed E-state index contributed by atoms with van der Waals surface area (Å²) >= 11 is 0. The van der Waals surface area contributed by atoms with Crippen molar-refractivity contribution in [3.63, 3.8) is 0 Å². The summed E-state index contributed by atoms with van der Waals surface area (Å²) < 4.78 is 5.70. The predicted octanol–water partition coefficient (Wildman–Crippen LogP) is 2.59. The molecule has 0 saturated heterocycles. The van der Waals surface area contributed by atoms with Gasteiger partial charge < -0.3 is 10.5 Å². The van der Waals surface area contributed by atoms with Crippen LogP contribution in [-0.2, 0) is 16.1 Å². The van der Waals surface area contributed by atoms with E-state index in [4.69, 9.17) is 10.5 Å². The number of hydrogen-bond acceptors (Lipinski definition) is 4. The highest BCUT2D eigenvalue weighted by Gasteiger charge is 2.26. The van der Waals surface area contributed by atoms with Crippen molar-refractivity contribution in [1.29, 1.82) is 0 Å². The van der Waals surface area contributed by atoms with Crippen LogP contribution in [0.4, 0.5) is 5.69 Å². The van der Waals surface area contributed by atoms with E-state index >= 15 is 0 Å². The Hall–Kier alpha value is -2.88. The number of ether oxygens (including phenoxy) is 1. The van der Waals surface area contributed by atoms with Gasteiger partial charge in [-0.2, -0.15) is 0 Å². The Kier molecular flexibility index (Phi) is 3.28. The number of ketones is 2. The third-order valence-electron chi connectivity index (χ3n) is 3.27. The standard InChI is InChI=1S/C17H13NO3/c18-12-5-3-4-11(8-12)10-21-16-9-15(19)17(20)14-7-2-1-6-13(14)16/h1-9H,10,18H2. The van der Waals surface area contributed by atoms with Crippen LogP contribution in [0.5, 0.6) is 0 Å². The fourth-order valence-corrected chi connectivity index (χ4v) is 2.25. The molecule has 4 nitrogen and oxygen atoms in total. The molecular weight excluding hydrogens is 266 g/mol. The molecule has 21 heavy (non-hydrogen) atoms. The van der Waals surface area contributed by atoms with Crippen molar-refractivity contribution in [1.82, 2.24) is 0 Å². The molecule has 2 N–H and O–H groups in total. The van der Waals surface area contributed by atoms with E-state index in [0.717, 1.165) is 5.56 Å². The number of rotatable bonds is 3. The summed E-state index contributed by atoms with van der Waals surface area (Å²) in [4.78, 5) is 23.5. The first-order chi connectivity index (χ1) is 10.1. The number of carbonyl (C=O) groups is 2. The minimum Gasteiger partial charge on any atom is -0.488 e. The maximum absolute atomic E-state index is 11.8. The quantitative estimate of drug-likeness (QED) is 0.692. The average molecular weight is 279 g/mol. The lowest BCUT2D eigenvalue weighted by Gasteiger charge is -2.17. The Labute approximate surface area is 121 Å². The molecule has 0 spiro atoms. The average Bonchev–Trinajstić information content (AvgIpc) is 2.50. The molecule has 3 rings (SSSR count). The van der Waals surface area contributed by atoms with Gasteiger partial charge in [0.2, 0.25) is 11.6 Å². The number of fused-ring (bicyclic) bond motifs is 1. The van der Waals surface area contributed by atoms with Crippen LogP contribution >= 0.6 is 0 Å². The zero-order chi connectivity index (χ0) is 14.8. The van der Waals surface area contributed by atoms with E-state index in [-0.39, 0.29) is 6.61 Å². The molecule has 0 aliphatic heterocycles. The minimum atomic E-state index is -0.559. The van der Waals surface area contributed by atoms with Crippen molar-refractivity contribution >= 4 is 23.0 Å². The largest absolute Gasteiger partial charge is 0.488 e. The molecule has 0 amide bonds. The van der Waals surface area contributed by atoms with E-state index in [1.54, 1.807) is 30.3 Å². The first-order valence-corrected chi connectivity index (χ1v) is 6.52. The highest BCUT2D eigenvalue weighted by molar-refractivity contribution is 6.50. The van der Waals surface area contributed by atoms with Gasteiger partial charge in [-0.1, -0.05) is 36.4 Å². The SMILES string of the molecule is Nc1cccc(COC2=CC(=O)C(=O)c3ccccc32)c1. The van der Waals surface area contributed by atoms with E-state index in [9.17, 15) is 9.59 Å². The summed E-state index contributed by atoms with van der Waals surface area (Å²) in [6.07, 6.45) is 1.25. The van der Waals surface area contributed by atoms with E-state index in [2.05, 4.69) is 0 Å². The van der Waals surface area contributed by atoms with Gasteiger partial charge in [0.05, 0.1) is 0 Å².